The zero-order valence-electron chi connectivity index (χ0n) is 9.16. The van der Waals surface area contributed by atoms with Crippen LogP contribution in [0, 0.1) is 0 Å². The molecule has 2 amide bonds. The molecule has 2 rings (SSSR count). The highest BCUT2D eigenvalue weighted by molar-refractivity contribution is 5.96. The lowest BCUT2D eigenvalue weighted by molar-refractivity contribution is -0.116. The molecule has 1 aliphatic rings. The van der Waals surface area contributed by atoms with Crippen LogP contribution in [0.15, 0.2) is 18.2 Å². The molecule has 92 valence electrons. The minimum atomic E-state index is -0.248. The summed E-state index contributed by atoms with van der Waals surface area (Å²) in [7, 11) is 0. The van der Waals surface area contributed by atoms with E-state index in [1.807, 2.05) is 12.1 Å². The maximum Gasteiger partial charge on any atom is 0.238 e. The lowest BCUT2D eigenvalue weighted by atomic mass is 10.0. The molecule has 0 spiro atoms. The van der Waals surface area contributed by atoms with E-state index in [2.05, 4.69) is 10.6 Å². The van der Waals surface area contributed by atoms with Gasteiger partial charge < -0.3 is 16.4 Å². The van der Waals surface area contributed by atoms with Gasteiger partial charge in [0.25, 0.3) is 0 Å². The fraction of sp³-hybridized carbons (Fsp3) is 0.273. The minimum absolute atomic E-state index is 0. The van der Waals surface area contributed by atoms with Crippen molar-refractivity contribution in [1.82, 2.24) is 0 Å². The first-order valence-electron chi connectivity index (χ1n) is 5.12. The summed E-state index contributed by atoms with van der Waals surface area (Å²) in [5.74, 6) is -0.239. The zero-order chi connectivity index (χ0) is 11.5. The monoisotopic (exact) mass is 255 g/mol. The summed E-state index contributed by atoms with van der Waals surface area (Å²) in [6.07, 6.45) is 1.26. The normalized spacial score (nSPS) is 13.1. The van der Waals surface area contributed by atoms with Crippen LogP contribution in [0.2, 0.25) is 0 Å². The number of amides is 2. The van der Waals surface area contributed by atoms with Crippen molar-refractivity contribution >= 4 is 35.6 Å². The molecule has 1 aromatic carbocycles. The van der Waals surface area contributed by atoms with E-state index in [9.17, 15) is 9.59 Å². The van der Waals surface area contributed by atoms with Crippen LogP contribution in [-0.2, 0) is 16.0 Å². The van der Waals surface area contributed by atoms with Crippen molar-refractivity contribution in [3.05, 3.63) is 23.8 Å². The van der Waals surface area contributed by atoms with Gasteiger partial charge in [-0.3, -0.25) is 9.59 Å². The molecule has 0 fully saturated rings. The van der Waals surface area contributed by atoms with Crippen molar-refractivity contribution in [2.24, 2.45) is 5.73 Å². The predicted octanol–water partition coefficient (Wildman–Crippen LogP) is 0.890. The summed E-state index contributed by atoms with van der Waals surface area (Å²) < 4.78 is 0. The van der Waals surface area contributed by atoms with E-state index in [-0.39, 0.29) is 30.8 Å². The van der Waals surface area contributed by atoms with Gasteiger partial charge in [0, 0.05) is 17.8 Å². The molecule has 0 atom stereocenters. The molecular weight excluding hydrogens is 242 g/mol. The highest BCUT2D eigenvalue weighted by Gasteiger charge is 2.14. The SMILES string of the molecule is Cl.NCC(=O)Nc1ccc2c(c1)NC(=O)CC2. The van der Waals surface area contributed by atoms with Crippen LogP contribution in [0.5, 0.6) is 0 Å². The van der Waals surface area contributed by atoms with Gasteiger partial charge in [0.2, 0.25) is 11.8 Å². The second-order valence-corrected chi connectivity index (χ2v) is 3.67. The Bertz CT molecular complexity index is 448. The Morgan fingerprint density at radius 3 is 2.88 bits per heavy atom. The number of carbonyl (C=O) groups is 2. The number of nitrogens with one attached hydrogen (secondary N) is 2. The Labute approximate surface area is 105 Å². The molecule has 5 nitrogen and oxygen atoms in total. The molecule has 1 aromatic rings. The molecule has 0 aliphatic carbocycles. The zero-order valence-corrected chi connectivity index (χ0v) is 9.97. The predicted molar refractivity (Wildman–Crippen MR) is 68.3 cm³/mol. The largest absolute Gasteiger partial charge is 0.326 e. The topological polar surface area (TPSA) is 84.2 Å². The van der Waals surface area contributed by atoms with Crippen LogP contribution in [0.1, 0.15) is 12.0 Å². The molecule has 1 heterocycles. The van der Waals surface area contributed by atoms with Gasteiger partial charge >= 0.3 is 0 Å². The van der Waals surface area contributed by atoms with Gasteiger partial charge in [-0.1, -0.05) is 6.07 Å². The van der Waals surface area contributed by atoms with Crippen molar-refractivity contribution in [2.75, 3.05) is 17.2 Å². The third-order valence-electron chi connectivity index (χ3n) is 2.47. The summed E-state index contributed by atoms with van der Waals surface area (Å²) in [6.45, 7) is -0.0521. The number of rotatable bonds is 2. The van der Waals surface area contributed by atoms with Crippen LogP contribution in [0.25, 0.3) is 0 Å². The summed E-state index contributed by atoms with van der Waals surface area (Å²) in [4.78, 5) is 22.3. The standard InChI is InChI=1S/C11H13N3O2.ClH/c12-6-11(16)13-8-3-1-7-2-4-10(15)14-9(7)5-8;/h1,3,5H,2,4,6,12H2,(H,13,16)(H,14,15);1H. The van der Waals surface area contributed by atoms with E-state index < -0.39 is 0 Å². The van der Waals surface area contributed by atoms with Crippen molar-refractivity contribution in [2.45, 2.75) is 12.8 Å². The lowest BCUT2D eigenvalue weighted by Gasteiger charge is -2.17. The highest BCUT2D eigenvalue weighted by atomic mass is 35.5. The summed E-state index contributed by atoms with van der Waals surface area (Å²) >= 11 is 0. The van der Waals surface area contributed by atoms with Gasteiger partial charge in [-0.05, 0) is 24.1 Å². The molecule has 0 saturated heterocycles. The number of anilines is 2. The second-order valence-electron chi connectivity index (χ2n) is 3.67. The highest BCUT2D eigenvalue weighted by Crippen LogP contribution is 2.25. The third kappa shape index (κ3) is 3.18. The number of halogens is 1. The second kappa shape index (κ2) is 5.65. The van der Waals surface area contributed by atoms with Crippen molar-refractivity contribution in [3.8, 4) is 0 Å². The average Bonchev–Trinajstić information content (AvgIpc) is 2.28. The Hall–Kier alpha value is -1.59. The first-order valence-corrected chi connectivity index (χ1v) is 5.12. The maximum absolute atomic E-state index is 11.2. The Balaban J connectivity index is 0.00000144. The van der Waals surface area contributed by atoms with E-state index >= 15 is 0 Å². The molecule has 6 heteroatoms. The summed E-state index contributed by atoms with van der Waals surface area (Å²) in [5.41, 5.74) is 7.71. The van der Waals surface area contributed by atoms with Gasteiger partial charge in [-0.25, -0.2) is 0 Å². The van der Waals surface area contributed by atoms with E-state index in [0.717, 1.165) is 17.7 Å². The lowest BCUT2D eigenvalue weighted by Crippen LogP contribution is -2.23. The van der Waals surface area contributed by atoms with Crippen molar-refractivity contribution in [1.29, 1.82) is 0 Å². The molecule has 1 aliphatic heterocycles. The van der Waals surface area contributed by atoms with Crippen molar-refractivity contribution < 1.29 is 9.59 Å². The van der Waals surface area contributed by atoms with Crippen LogP contribution in [0.4, 0.5) is 11.4 Å². The molecule has 0 aromatic heterocycles. The summed E-state index contributed by atoms with van der Waals surface area (Å²) in [6, 6.07) is 5.46. The molecule has 17 heavy (non-hydrogen) atoms. The van der Waals surface area contributed by atoms with Gasteiger partial charge in [0.15, 0.2) is 0 Å². The minimum Gasteiger partial charge on any atom is -0.326 e. The number of hydrogen-bond acceptors (Lipinski definition) is 3. The number of aryl methyl sites for hydroxylation is 1. The quantitative estimate of drug-likeness (QED) is 0.734. The Morgan fingerprint density at radius 2 is 2.18 bits per heavy atom. The van der Waals surface area contributed by atoms with Gasteiger partial charge in [-0.15, -0.1) is 12.4 Å². The van der Waals surface area contributed by atoms with Gasteiger partial charge in [0.1, 0.15) is 0 Å². The molecule has 0 saturated carbocycles. The molecular formula is C11H14ClN3O2. The number of carbonyl (C=O) groups excluding carboxylic acids is 2. The number of hydrogen-bond donors (Lipinski definition) is 3. The van der Waals surface area contributed by atoms with Gasteiger partial charge in [0.05, 0.1) is 6.54 Å². The van der Waals surface area contributed by atoms with Crippen LogP contribution in [0.3, 0.4) is 0 Å². The van der Waals surface area contributed by atoms with E-state index in [1.54, 1.807) is 6.07 Å². The molecule has 0 bridgehead atoms. The van der Waals surface area contributed by atoms with Crippen LogP contribution >= 0.6 is 12.4 Å². The van der Waals surface area contributed by atoms with Crippen LogP contribution in [-0.4, -0.2) is 18.4 Å². The average molecular weight is 256 g/mol. The number of benzene rings is 1. The first kappa shape index (κ1) is 13.5. The molecule has 4 N–H and O–H groups in total. The fourth-order valence-corrected chi connectivity index (χ4v) is 1.66. The Kier molecular flexibility index (Phi) is 4.48. The summed E-state index contributed by atoms with van der Waals surface area (Å²) in [5, 5.41) is 5.41. The maximum atomic E-state index is 11.2. The van der Waals surface area contributed by atoms with Crippen molar-refractivity contribution in [3.63, 3.8) is 0 Å². The third-order valence-corrected chi connectivity index (χ3v) is 2.47. The number of fused-ring (bicyclic) bond motifs is 1. The fourth-order valence-electron chi connectivity index (χ4n) is 1.66. The smallest absolute Gasteiger partial charge is 0.238 e. The Morgan fingerprint density at radius 1 is 1.41 bits per heavy atom. The van der Waals surface area contributed by atoms with E-state index in [4.69, 9.17) is 5.73 Å². The van der Waals surface area contributed by atoms with Crippen LogP contribution < -0.4 is 16.4 Å². The first-order chi connectivity index (χ1) is 7.69. The van der Waals surface area contributed by atoms with E-state index in [1.165, 1.54) is 0 Å². The van der Waals surface area contributed by atoms with E-state index in [0.29, 0.717) is 12.1 Å². The molecule has 0 unspecified atom stereocenters. The molecule has 0 radical (unpaired) electrons. The number of nitrogens with two attached hydrogens (primary N) is 1. The van der Waals surface area contributed by atoms with Gasteiger partial charge in [-0.2, -0.15) is 0 Å².